The molecule has 22 heteroatoms. The lowest BCUT2D eigenvalue weighted by Gasteiger charge is -2.26. The summed E-state index contributed by atoms with van der Waals surface area (Å²) in [7, 11) is 0. The molecule has 0 fully saturated rings. The van der Waals surface area contributed by atoms with E-state index in [1.54, 1.807) is 0 Å². The van der Waals surface area contributed by atoms with Crippen LogP contribution in [-0.2, 0) is 24.0 Å². The predicted octanol–water partition coefficient (Wildman–Crippen LogP) is -6.38. The fourth-order valence-electron chi connectivity index (χ4n) is 4.24. The minimum atomic E-state index is -1.64. The molecule has 280 valence electrons. The third-order valence-corrected chi connectivity index (χ3v) is 6.84. The van der Waals surface area contributed by atoms with E-state index < -0.39 is 66.4 Å². The number of hydrogen-bond acceptors (Lipinski definition) is 11. The number of carbonyl (C=O) groups excluding carboxylic acids is 4. The average molecular weight is 702 g/mol. The summed E-state index contributed by atoms with van der Waals surface area (Å²) in [6, 6.07) is -6.30. The highest BCUT2D eigenvalue weighted by Crippen LogP contribution is 2.08. The van der Waals surface area contributed by atoms with Gasteiger partial charge in [0.05, 0.1) is 12.6 Å². The first kappa shape index (κ1) is 44.0. The molecule has 0 aliphatic rings. The Labute approximate surface area is 284 Å². The largest absolute Gasteiger partial charge is 0.480 e. The fourth-order valence-corrected chi connectivity index (χ4v) is 4.24. The molecule has 0 saturated heterocycles. The monoisotopic (exact) mass is 701 g/mol. The van der Waals surface area contributed by atoms with E-state index in [9.17, 15) is 34.2 Å². The summed E-state index contributed by atoms with van der Waals surface area (Å²) in [5.41, 5.74) is 43.7. The molecule has 0 spiro atoms. The number of nitrogens with two attached hydrogens (primary N) is 8. The molecule has 4 amide bonds. The van der Waals surface area contributed by atoms with E-state index in [0.717, 1.165) is 0 Å². The lowest BCUT2D eigenvalue weighted by molar-refractivity contribution is -0.143. The van der Waals surface area contributed by atoms with E-state index in [1.807, 2.05) is 0 Å². The number of carboxylic acids is 1. The zero-order valence-electron chi connectivity index (χ0n) is 27.7. The highest BCUT2D eigenvalue weighted by atomic mass is 16.4. The summed E-state index contributed by atoms with van der Waals surface area (Å²) >= 11 is 0. The summed E-state index contributed by atoms with van der Waals surface area (Å²) in [5, 5.41) is 28.6. The zero-order chi connectivity index (χ0) is 37.4. The van der Waals surface area contributed by atoms with E-state index in [0.29, 0.717) is 25.8 Å². The maximum atomic E-state index is 13.6. The molecule has 0 radical (unpaired) electrons. The SMILES string of the molecule is NCCCCC(NC(=O)C(N)CCCN=C(N)N)C(=O)NC(CCCN=C(N)N)C(=O)NC(CCCN=C(N)N)C(=O)NC(CO)C(=O)O. The van der Waals surface area contributed by atoms with E-state index >= 15 is 0 Å². The van der Waals surface area contributed by atoms with Crippen LogP contribution in [0.3, 0.4) is 0 Å². The minimum Gasteiger partial charge on any atom is -0.480 e. The van der Waals surface area contributed by atoms with Crippen molar-refractivity contribution in [3.05, 3.63) is 0 Å². The van der Waals surface area contributed by atoms with Crippen LogP contribution in [0.15, 0.2) is 15.0 Å². The van der Waals surface area contributed by atoms with Crippen molar-refractivity contribution in [1.29, 1.82) is 0 Å². The number of nitrogens with zero attached hydrogens (tertiary/aromatic N) is 3. The molecule has 0 aromatic rings. The number of nitrogens with one attached hydrogen (secondary N) is 4. The van der Waals surface area contributed by atoms with E-state index in [2.05, 4.69) is 36.2 Å². The maximum Gasteiger partial charge on any atom is 0.328 e. The number of amides is 4. The van der Waals surface area contributed by atoms with Gasteiger partial charge in [-0.2, -0.15) is 0 Å². The Morgan fingerprint density at radius 3 is 1.22 bits per heavy atom. The number of carbonyl (C=O) groups is 5. The van der Waals surface area contributed by atoms with Gasteiger partial charge in [-0.1, -0.05) is 0 Å². The van der Waals surface area contributed by atoms with Gasteiger partial charge in [0.25, 0.3) is 0 Å². The molecule has 5 atom stereocenters. The summed E-state index contributed by atoms with van der Waals surface area (Å²) in [6.45, 7) is -0.120. The number of guanidine groups is 3. The van der Waals surface area contributed by atoms with Crippen LogP contribution in [0.5, 0.6) is 0 Å². The number of unbranched alkanes of at least 4 members (excludes halogenated alkanes) is 1. The first-order valence-corrected chi connectivity index (χ1v) is 15.8. The smallest absolute Gasteiger partial charge is 0.328 e. The Balaban J connectivity index is 6.07. The third kappa shape index (κ3) is 20.8. The molecule has 0 saturated carbocycles. The van der Waals surface area contributed by atoms with Crippen molar-refractivity contribution >= 4 is 47.5 Å². The number of aliphatic carboxylic acids is 1. The Morgan fingerprint density at radius 2 is 0.878 bits per heavy atom. The Hall–Kier alpha value is -4.96. The Morgan fingerprint density at radius 1 is 0.531 bits per heavy atom. The second-order valence-electron chi connectivity index (χ2n) is 11.0. The Bertz CT molecular complexity index is 1140. The van der Waals surface area contributed by atoms with Crippen LogP contribution in [0.1, 0.15) is 57.8 Å². The molecular formula is C27H55N15O7. The molecule has 0 aliphatic heterocycles. The summed E-state index contributed by atoms with van der Waals surface area (Å²) in [6.07, 6.45) is 2.17. The quantitative estimate of drug-likeness (QED) is 0.0226. The van der Waals surface area contributed by atoms with Crippen LogP contribution in [-0.4, -0.2) is 121 Å². The van der Waals surface area contributed by atoms with E-state index in [1.165, 1.54) is 0 Å². The van der Waals surface area contributed by atoms with Crippen molar-refractivity contribution in [2.75, 3.05) is 32.8 Å². The molecule has 0 aliphatic carbocycles. The molecular weight excluding hydrogens is 646 g/mol. The lowest BCUT2D eigenvalue weighted by atomic mass is 10.0. The molecule has 0 heterocycles. The molecule has 22 N–H and O–H groups in total. The third-order valence-electron chi connectivity index (χ3n) is 6.84. The summed E-state index contributed by atoms with van der Waals surface area (Å²) in [4.78, 5) is 76.0. The number of aliphatic imine (C=N–C) groups is 3. The molecule has 22 nitrogen and oxygen atoms in total. The fraction of sp³-hybridized carbons (Fsp3) is 0.704. The molecule has 0 aromatic heterocycles. The molecule has 49 heavy (non-hydrogen) atoms. The number of carboxylic acid groups (broad SMARTS) is 1. The van der Waals surface area contributed by atoms with Gasteiger partial charge in [-0.05, 0) is 64.3 Å². The molecule has 5 unspecified atom stereocenters. The number of hydrogen-bond donors (Lipinski definition) is 14. The van der Waals surface area contributed by atoms with Gasteiger partial charge in [0.2, 0.25) is 23.6 Å². The van der Waals surface area contributed by atoms with Crippen molar-refractivity contribution in [3.8, 4) is 0 Å². The molecule has 0 aromatic carbocycles. The zero-order valence-corrected chi connectivity index (χ0v) is 27.7. The average Bonchev–Trinajstić information content (AvgIpc) is 3.03. The predicted molar refractivity (Wildman–Crippen MR) is 183 cm³/mol. The highest BCUT2D eigenvalue weighted by Gasteiger charge is 2.31. The number of aliphatic hydroxyl groups excluding tert-OH is 1. The molecule has 0 bridgehead atoms. The van der Waals surface area contributed by atoms with Crippen LogP contribution in [0.2, 0.25) is 0 Å². The summed E-state index contributed by atoms with van der Waals surface area (Å²) < 4.78 is 0. The van der Waals surface area contributed by atoms with Crippen molar-refractivity contribution in [3.63, 3.8) is 0 Å². The topological polar surface area (TPSA) is 419 Å². The summed E-state index contributed by atoms with van der Waals surface area (Å²) in [5.74, 6) is -5.01. The Kier molecular flexibility index (Phi) is 22.6. The first-order chi connectivity index (χ1) is 23.1. The minimum absolute atomic E-state index is 0.00114. The lowest BCUT2D eigenvalue weighted by Crippen LogP contribution is -2.58. The number of rotatable bonds is 26. The van der Waals surface area contributed by atoms with Crippen molar-refractivity contribution in [2.24, 2.45) is 60.8 Å². The van der Waals surface area contributed by atoms with Gasteiger partial charge in [0.15, 0.2) is 17.9 Å². The standard InChI is InChI=1S/C27H55N15O7/c28-10-2-1-7-16(39-20(44)15(29)6-3-11-36-25(30)31)21(45)40-17(8-4-12-37-26(32)33)22(46)41-18(9-5-13-38-27(34)35)23(47)42-19(14-43)24(48)49/h15-19,43H,1-14,28-29H2,(H,39,44)(H,40,45)(H,41,46)(H,42,47)(H,48,49)(H4,30,31,36)(H4,32,33,37)(H4,34,35,38). The van der Waals surface area contributed by atoms with Crippen LogP contribution in [0, 0.1) is 0 Å². The van der Waals surface area contributed by atoms with Crippen molar-refractivity contribution in [1.82, 2.24) is 21.3 Å². The van der Waals surface area contributed by atoms with Crippen LogP contribution in [0.4, 0.5) is 0 Å². The normalized spacial score (nSPS) is 13.7. The van der Waals surface area contributed by atoms with Gasteiger partial charge < -0.3 is 77.3 Å². The number of aliphatic hydroxyl groups is 1. The maximum absolute atomic E-state index is 13.6. The molecule has 0 rings (SSSR count). The van der Waals surface area contributed by atoms with Gasteiger partial charge in [0, 0.05) is 19.6 Å². The first-order valence-electron chi connectivity index (χ1n) is 15.8. The van der Waals surface area contributed by atoms with Crippen LogP contribution < -0.4 is 67.1 Å². The van der Waals surface area contributed by atoms with Crippen LogP contribution in [0.25, 0.3) is 0 Å². The highest BCUT2D eigenvalue weighted by molar-refractivity contribution is 5.95. The van der Waals surface area contributed by atoms with Gasteiger partial charge in [-0.15, -0.1) is 0 Å². The van der Waals surface area contributed by atoms with Gasteiger partial charge in [-0.25, -0.2) is 4.79 Å². The van der Waals surface area contributed by atoms with E-state index in [4.69, 9.17) is 45.9 Å². The van der Waals surface area contributed by atoms with E-state index in [-0.39, 0.29) is 76.0 Å². The van der Waals surface area contributed by atoms with Crippen LogP contribution >= 0.6 is 0 Å². The van der Waals surface area contributed by atoms with Crippen molar-refractivity contribution in [2.45, 2.75) is 88.0 Å². The van der Waals surface area contributed by atoms with Gasteiger partial charge >= 0.3 is 5.97 Å². The van der Waals surface area contributed by atoms with Gasteiger partial charge in [-0.3, -0.25) is 34.2 Å². The second-order valence-corrected chi connectivity index (χ2v) is 11.0. The van der Waals surface area contributed by atoms with Crippen molar-refractivity contribution < 1.29 is 34.2 Å². The second kappa shape index (κ2) is 25.1. The van der Waals surface area contributed by atoms with Gasteiger partial charge in [0.1, 0.15) is 24.2 Å².